The molecule has 0 heterocycles. The molecule has 0 aromatic heterocycles. The van der Waals surface area contributed by atoms with Crippen LogP contribution in [0.15, 0.2) is 24.3 Å². The second-order valence-corrected chi connectivity index (χ2v) is 8.31. The van der Waals surface area contributed by atoms with Crippen LogP contribution < -0.4 is 10.1 Å². The maximum absolute atomic E-state index is 13.3. The van der Waals surface area contributed by atoms with Gasteiger partial charge < -0.3 is 29.5 Å². The molecule has 34 heavy (non-hydrogen) atoms. The van der Waals surface area contributed by atoms with E-state index in [0.29, 0.717) is 18.9 Å². The van der Waals surface area contributed by atoms with Gasteiger partial charge in [-0.2, -0.15) is 0 Å². The number of carboxylic acids is 1. The van der Waals surface area contributed by atoms with Gasteiger partial charge in [0.15, 0.2) is 6.10 Å². The van der Waals surface area contributed by atoms with Gasteiger partial charge in [-0.25, -0.2) is 18.4 Å². The van der Waals surface area contributed by atoms with E-state index >= 15 is 0 Å². The minimum Gasteiger partial charge on any atom is -0.492 e. The Kier molecular flexibility index (Phi) is 13.4. The van der Waals surface area contributed by atoms with E-state index in [4.69, 9.17) is 14.2 Å². The Balaban J connectivity index is 2.58. The largest absolute Gasteiger partial charge is 0.492 e. The molecule has 1 aromatic carbocycles. The van der Waals surface area contributed by atoms with Crippen LogP contribution in [0.3, 0.4) is 0 Å². The highest BCUT2D eigenvalue weighted by molar-refractivity contribution is 5.74. The second-order valence-electron chi connectivity index (χ2n) is 8.31. The average molecular weight is 489 g/mol. The third-order valence-corrected chi connectivity index (χ3v) is 4.90. The first-order valence-corrected chi connectivity index (χ1v) is 11.6. The molecule has 0 radical (unpaired) electrons. The highest BCUT2D eigenvalue weighted by atomic mass is 19.3. The Hall–Kier alpha value is -2.46. The normalized spacial score (nSPS) is 12.4. The number of benzene rings is 1. The molecule has 0 aliphatic rings. The number of hydrogen-bond donors (Lipinski definition) is 2. The standard InChI is InChI=1S/C24H38F2N2O6/c1-5-24(25,26)17-32-13-11-28(23(31)27-16-18(3)4)12-14-34-20-9-7-19(8-10-20)15-21(22(29)30)33-6-2/h7-10,18,21H,5-6,11-17H2,1-4H3,(H,27,31)(H,29,30). The summed E-state index contributed by atoms with van der Waals surface area (Å²) in [7, 11) is 0. The third kappa shape index (κ3) is 12.1. The number of hydrogen-bond acceptors (Lipinski definition) is 5. The zero-order chi connectivity index (χ0) is 25.6. The van der Waals surface area contributed by atoms with E-state index in [-0.39, 0.29) is 51.1 Å². The van der Waals surface area contributed by atoms with Crippen molar-refractivity contribution in [2.24, 2.45) is 5.92 Å². The van der Waals surface area contributed by atoms with Crippen molar-refractivity contribution in [3.8, 4) is 5.75 Å². The highest BCUT2D eigenvalue weighted by Crippen LogP contribution is 2.17. The fraction of sp³-hybridized carbons (Fsp3) is 0.667. The second kappa shape index (κ2) is 15.4. The Morgan fingerprint density at radius 2 is 1.76 bits per heavy atom. The van der Waals surface area contributed by atoms with Crippen molar-refractivity contribution in [1.82, 2.24) is 10.2 Å². The maximum Gasteiger partial charge on any atom is 0.333 e. The van der Waals surface area contributed by atoms with Gasteiger partial charge in [0.25, 0.3) is 5.92 Å². The molecule has 2 amide bonds. The van der Waals surface area contributed by atoms with Gasteiger partial charge in [-0.1, -0.05) is 32.9 Å². The van der Waals surface area contributed by atoms with E-state index in [1.165, 1.54) is 11.8 Å². The van der Waals surface area contributed by atoms with Gasteiger partial charge in [0, 0.05) is 32.5 Å². The summed E-state index contributed by atoms with van der Waals surface area (Å²) < 4.78 is 42.7. The smallest absolute Gasteiger partial charge is 0.333 e. The van der Waals surface area contributed by atoms with Crippen molar-refractivity contribution in [2.45, 2.75) is 52.6 Å². The summed E-state index contributed by atoms with van der Waals surface area (Å²) in [4.78, 5) is 25.2. The van der Waals surface area contributed by atoms with Gasteiger partial charge in [0.05, 0.1) is 13.2 Å². The van der Waals surface area contributed by atoms with Gasteiger partial charge in [-0.05, 0) is 30.5 Å². The van der Waals surface area contributed by atoms with Gasteiger partial charge in [-0.15, -0.1) is 0 Å². The van der Waals surface area contributed by atoms with Crippen LogP contribution in [0.2, 0.25) is 0 Å². The Bertz CT molecular complexity index is 731. The van der Waals surface area contributed by atoms with Gasteiger partial charge in [0.1, 0.15) is 19.0 Å². The molecule has 0 aliphatic heterocycles. The molecule has 1 atom stereocenters. The van der Waals surface area contributed by atoms with Crippen LogP contribution in [0.4, 0.5) is 13.6 Å². The van der Waals surface area contributed by atoms with Gasteiger partial charge in [0.2, 0.25) is 0 Å². The number of alkyl halides is 2. The van der Waals surface area contributed by atoms with Crippen molar-refractivity contribution in [3.63, 3.8) is 0 Å². The van der Waals surface area contributed by atoms with Crippen molar-refractivity contribution in [2.75, 3.05) is 46.1 Å². The number of carbonyl (C=O) groups is 2. The van der Waals surface area contributed by atoms with E-state index in [1.54, 1.807) is 31.2 Å². The minimum atomic E-state index is -2.88. The lowest BCUT2D eigenvalue weighted by molar-refractivity contribution is -0.149. The van der Waals surface area contributed by atoms with Crippen molar-refractivity contribution in [3.05, 3.63) is 29.8 Å². The third-order valence-electron chi connectivity index (χ3n) is 4.90. The lowest BCUT2D eigenvalue weighted by Gasteiger charge is -2.24. The lowest BCUT2D eigenvalue weighted by Crippen LogP contribution is -2.45. The van der Waals surface area contributed by atoms with Crippen LogP contribution in [-0.4, -0.2) is 80.1 Å². The molecule has 0 fully saturated rings. The van der Waals surface area contributed by atoms with Gasteiger partial charge in [-0.3, -0.25) is 0 Å². The van der Waals surface area contributed by atoms with Crippen molar-refractivity contribution < 1.29 is 37.7 Å². The number of carboxylic acid groups (broad SMARTS) is 1. The van der Waals surface area contributed by atoms with Crippen LogP contribution in [0, 0.1) is 5.92 Å². The minimum absolute atomic E-state index is 0.00996. The van der Waals surface area contributed by atoms with Crippen LogP contribution >= 0.6 is 0 Å². The molecule has 0 saturated heterocycles. The SMILES string of the molecule is CCOC(Cc1ccc(OCCN(CCOCC(F)(F)CC)C(=O)NCC(C)C)cc1)C(=O)O. The molecule has 8 nitrogen and oxygen atoms in total. The monoisotopic (exact) mass is 488 g/mol. The number of rotatable bonds is 17. The fourth-order valence-corrected chi connectivity index (χ4v) is 2.84. The molecule has 10 heteroatoms. The van der Waals surface area contributed by atoms with Crippen LogP contribution in [0.25, 0.3) is 0 Å². The van der Waals surface area contributed by atoms with Crippen molar-refractivity contribution in [1.29, 1.82) is 0 Å². The van der Waals surface area contributed by atoms with E-state index in [0.717, 1.165) is 5.56 Å². The molecule has 1 aromatic rings. The van der Waals surface area contributed by atoms with E-state index < -0.39 is 24.6 Å². The predicted octanol–water partition coefficient (Wildman–Crippen LogP) is 3.83. The topological polar surface area (TPSA) is 97.3 Å². The Morgan fingerprint density at radius 1 is 1.12 bits per heavy atom. The first-order valence-electron chi connectivity index (χ1n) is 11.6. The summed E-state index contributed by atoms with van der Waals surface area (Å²) in [5.74, 6) is -3.06. The number of amides is 2. The molecule has 0 saturated carbocycles. The first-order chi connectivity index (χ1) is 16.1. The zero-order valence-electron chi connectivity index (χ0n) is 20.5. The quantitative estimate of drug-likeness (QED) is 0.324. The lowest BCUT2D eigenvalue weighted by atomic mass is 10.1. The summed E-state index contributed by atoms with van der Waals surface area (Å²) in [6, 6.07) is 6.66. The molecule has 0 spiro atoms. The molecule has 0 bridgehead atoms. The summed E-state index contributed by atoms with van der Waals surface area (Å²) in [6.07, 6.45) is -0.973. The first kappa shape index (κ1) is 29.6. The molecule has 0 aliphatic carbocycles. The fourth-order valence-electron chi connectivity index (χ4n) is 2.84. The number of ether oxygens (including phenoxy) is 3. The van der Waals surface area contributed by atoms with Crippen molar-refractivity contribution >= 4 is 12.0 Å². The number of halogens is 2. The number of urea groups is 1. The molecule has 194 valence electrons. The molecule has 1 rings (SSSR count). The number of nitrogens with zero attached hydrogens (tertiary/aromatic N) is 1. The molecule has 1 unspecified atom stereocenters. The number of nitrogens with one attached hydrogen (secondary N) is 1. The Labute approximate surface area is 200 Å². The zero-order valence-corrected chi connectivity index (χ0v) is 20.5. The number of aliphatic carboxylic acids is 1. The Morgan fingerprint density at radius 3 is 2.32 bits per heavy atom. The predicted molar refractivity (Wildman–Crippen MR) is 125 cm³/mol. The van der Waals surface area contributed by atoms with Crippen LogP contribution in [0.5, 0.6) is 5.75 Å². The summed E-state index contributed by atoms with van der Waals surface area (Å²) in [5, 5.41) is 12.0. The highest BCUT2D eigenvalue weighted by Gasteiger charge is 2.26. The molecule has 2 N–H and O–H groups in total. The summed E-state index contributed by atoms with van der Waals surface area (Å²) in [6.45, 7) is 7.77. The maximum atomic E-state index is 13.3. The summed E-state index contributed by atoms with van der Waals surface area (Å²) in [5.41, 5.74) is 0.795. The molecular formula is C24H38F2N2O6. The van der Waals surface area contributed by atoms with Gasteiger partial charge >= 0.3 is 12.0 Å². The summed E-state index contributed by atoms with van der Waals surface area (Å²) >= 11 is 0. The average Bonchev–Trinajstić information content (AvgIpc) is 2.79. The van der Waals surface area contributed by atoms with E-state index in [2.05, 4.69) is 5.32 Å². The number of carbonyl (C=O) groups excluding carboxylic acids is 1. The van der Waals surface area contributed by atoms with Crippen LogP contribution in [0.1, 0.15) is 39.7 Å². The molecular weight excluding hydrogens is 450 g/mol. The van der Waals surface area contributed by atoms with Crippen LogP contribution in [-0.2, 0) is 20.7 Å². The van der Waals surface area contributed by atoms with E-state index in [1.807, 2.05) is 13.8 Å². The van der Waals surface area contributed by atoms with E-state index in [9.17, 15) is 23.5 Å².